The minimum Gasteiger partial charge on any atom is -0.481 e. The zero-order chi connectivity index (χ0) is 19.9. The van der Waals surface area contributed by atoms with E-state index in [2.05, 4.69) is 10.3 Å². The van der Waals surface area contributed by atoms with Crippen molar-refractivity contribution < 1.29 is 14.7 Å². The topological polar surface area (TPSA) is 78.8 Å². The Morgan fingerprint density at radius 2 is 1.61 bits per heavy atom. The summed E-state index contributed by atoms with van der Waals surface area (Å²) in [6.07, 6.45) is 4.09. The maximum absolute atomic E-state index is 11.8. The summed E-state index contributed by atoms with van der Waals surface area (Å²) in [4.78, 5) is 27.2. The van der Waals surface area contributed by atoms with Gasteiger partial charge in [-0.25, -0.2) is 0 Å². The molecule has 0 radical (unpaired) electrons. The monoisotopic (exact) mass is 376 g/mol. The molecule has 1 heterocycles. The first-order valence-corrected chi connectivity index (χ1v) is 9.51. The number of carbonyl (C=O) groups is 2. The van der Waals surface area contributed by atoms with Crippen LogP contribution in [0.1, 0.15) is 37.3 Å². The number of aliphatic carboxylic acids is 1. The Labute approximate surface area is 164 Å². The van der Waals surface area contributed by atoms with Gasteiger partial charge in [-0.1, -0.05) is 55.5 Å². The van der Waals surface area contributed by atoms with Gasteiger partial charge in [-0.2, -0.15) is 0 Å². The van der Waals surface area contributed by atoms with Crippen molar-refractivity contribution in [3.63, 3.8) is 0 Å². The molecule has 0 saturated carbocycles. The third kappa shape index (κ3) is 5.16. The van der Waals surface area contributed by atoms with Gasteiger partial charge in [0.15, 0.2) is 0 Å². The first-order valence-electron chi connectivity index (χ1n) is 9.51. The van der Waals surface area contributed by atoms with Gasteiger partial charge in [0, 0.05) is 25.1 Å². The molecule has 0 fully saturated rings. The number of nitrogens with zero attached hydrogens (tertiary/aromatic N) is 1. The molecular formula is C23H24N2O3. The van der Waals surface area contributed by atoms with E-state index in [1.807, 2.05) is 61.5 Å². The van der Waals surface area contributed by atoms with E-state index in [0.717, 1.165) is 46.5 Å². The maximum atomic E-state index is 11.8. The number of dihydropyridines is 1. The molecule has 28 heavy (non-hydrogen) atoms. The second kappa shape index (κ2) is 9.13. The highest BCUT2D eigenvalue weighted by molar-refractivity contribution is 6.09. The maximum Gasteiger partial charge on any atom is 0.307 e. The Morgan fingerprint density at radius 1 is 1.00 bits per heavy atom. The normalized spacial score (nSPS) is 13.5. The second-order valence-electron chi connectivity index (χ2n) is 6.83. The van der Waals surface area contributed by atoms with Gasteiger partial charge in [0.1, 0.15) is 0 Å². The quantitative estimate of drug-likeness (QED) is 0.767. The van der Waals surface area contributed by atoms with Crippen LogP contribution in [0, 0.1) is 0 Å². The molecule has 2 N–H and O–H groups in total. The molecule has 2 aromatic carbocycles. The summed E-state index contributed by atoms with van der Waals surface area (Å²) in [6, 6.07) is 15.7. The van der Waals surface area contributed by atoms with Crippen LogP contribution in [0.5, 0.6) is 0 Å². The molecule has 0 spiro atoms. The van der Waals surface area contributed by atoms with Crippen LogP contribution in [-0.4, -0.2) is 29.2 Å². The van der Waals surface area contributed by atoms with Crippen molar-refractivity contribution in [3.05, 3.63) is 71.4 Å². The van der Waals surface area contributed by atoms with Gasteiger partial charge in [0.2, 0.25) is 5.91 Å². The lowest BCUT2D eigenvalue weighted by atomic mass is 9.99. The Hall–Kier alpha value is -3.21. The van der Waals surface area contributed by atoms with Gasteiger partial charge in [-0.3, -0.25) is 14.6 Å². The molecule has 0 bridgehead atoms. The minimum absolute atomic E-state index is 0.0303. The van der Waals surface area contributed by atoms with Gasteiger partial charge >= 0.3 is 5.97 Å². The number of aliphatic imine (C=N–C) groups is 1. The number of carboxylic acids is 1. The van der Waals surface area contributed by atoms with Crippen molar-refractivity contribution in [2.45, 2.75) is 32.6 Å². The zero-order valence-corrected chi connectivity index (χ0v) is 15.9. The van der Waals surface area contributed by atoms with E-state index < -0.39 is 5.97 Å². The number of rotatable bonds is 7. The van der Waals surface area contributed by atoms with Crippen molar-refractivity contribution in [2.75, 3.05) is 6.54 Å². The first-order chi connectivity index (χ1) is 13.5. The summed E-state index contributed by atoms with van der Waals surface area (Å²) >= 11 is 0. The predicted molar refractivity (Wildman–Crippen MR) is 110 cm³/mol. The third-order valence-electron chi connectivity index (χ3n) is 4.57. The summed E-state index contributed by atoms with van der Waals surface area (Å²) in [5.74, 6) is -0.777. The minimum atomic E-state index is -0.830. The Balaban J connectivity index is 1.71. The zero-order valence-electron chi connectivity index (χ0n) is 15.9. The van der Waals surface area contributed by atoms with Gasteiger partial charge in [0.05, 0.1) is 12.1 Å². The first kappa shape index (κ1) is 19.5. The Kier molecular flexibility index (Phi) is 6.37. The van der Waals surface area contributed by atoms with E-state index >= 15 is 0 Å². The molecule has 0 aromatic heterocycles. The fourth-order valence-electron chi connectivity index (χ4n) is 3.14. The molecule has 3 rings (SSSR count). The van der Waals surface area contributed by atoms with Crippen LogP contribution in [0.15, 0.2) is 65.3 Å². The molecule has 2 aromatic rings. The molecule has 0 aliphatic carbocycles. The highest BCUT2D eigenvalue weighted by Gasteiger charge is 2.11. The average Bonchev–Trinajstić information content (AvgIpc) is 2.69. The number of amides is 1. The van der Waals surface area contributed by atoms with Crippen LogP contribution >= 0.6 is 0 Å². The van der Waals surface area contributed by atoms with Crippen LogP contribution in [0.3, 0.4) is 0 Å². The third-order valence-corrected chi connectivity index (χ3v) is 4.57. The molecule has 5 heteroatoms. The highest BCUT2D eigenvalue weighted by Crippen LogP contribution is 2.22. The summed E-state index contributed by atoms with van der Waals surface area (Å²) in [7, 11) is 0. The number of hydrogen-bond acceptors (Lipinski definition) is 3. The summed E-state index contributed by atoms with van der Waals surface area (Å²) in [5.41, 5.74) is 5.68. The summed E-state index contributed by atoms with van der Waals surface area (Å²) < 4.78 is 0. The molecule has 0 atom stereocenters. The smallest absolute Gasteiger partial charge is 0.307 e. The van der Waals surface area contributed by atoms with Crippen LogP contribution < -0.4 is 5.32 Å². The molecule has 0 unspecified atom stereocenters. The molecule has 144 valence electrons. The second-order valence-corrected chi connectivity index (χ2v) is 6.83. The lowest BCUT2D eigenvalue weighted by Crippen LogP contribution is -2.25. The number of carboxylic acid groups (broad SMARTS) is 1. The lowest BCUT2D eigenvalue weighted by molar-refractivity contribution is -0.136. The SMILES string of the molecule is CCCC(=O)NC1=CC(c2ccc(-c3ccc(CC(=O)O)cc3)cc2)=NCC1. The largest absolute Gasteiger partial charge is 0.481 e. The van der Waals surface area contributed by atoms with Gasteiger partial charge in [-0.15, -0.1) is 0 Å². The summed E-state index contributed by atoms with van der Waals surface area (Å²) in [6.45, 7) is 2.66. The summed E-state index contributed by atoms with van der Waals surface area (Å²) in [5, 5.41) is 11.8. The number of hydrogen-bond donors (Lipinski definition) is 2. The lowest BCUT2D eigenvalue weighted by Gasteiger charge is -2.15. The fraction of sp³-hybridized carbons (Fsp3) is 0.261. The number of nitrogens with one attached hydrogen (secondary N) is 1. The van der Waals surface area contributed by atoms with Crippen molar-refractivity contribution in [3.8, 4) is 11.1 Å². The molecule has 1 aliphatic heterocycles. The molecule has 5 nitrogen and oxygen atoms in total. The predicted octanol–water partition coefficient (Wildman–Crippen LogP) is 3.97. The standard InChI is InChI=1S/C23H24N2O3/c1-2-3-22(26)25-20-12-13-24-21(15-20)19-10-8-18(9-11-19)17-6-4-16(5-7-17)14-23(27)28/h4-11,15H,2-3,12-14H2,1H3,(H,25,26)(H,27,28). The molecule has 1 aliphatic rings. The van der Waals surface area contributed by atoms with Crippen molar-refractivity contribution in [1.82, 2.24) is 5.32 Å². The Morgan fingerprint density at radius 3 is 2.21 bits per heavy atom. The van der Waals surface area contributed by atoms with Crippen molar-refractivity contribution in [2.24, 2.45) is 4.99 Å². The van der Waals surface area contributed by atoms with Crippen LogP contribution in [-0.2, 0) is 16.0 Å². The van der Waals surface area contributed by atoms with Crippen molar-refractivity contribution >= 4 is 17.6 Å². The van der Waals surface area contributed by atoms with Gasteiger partial charge < -0.3 is 10.4 Å². The fourth-order valence-corrected chi connectivity index (χ4v) is 3.14. The van der Waals surface area contributed by atoms with Crippen LogP contribution in [0.2, 0.25) is 0 Å². The van der Waals surface area contributed by atoms with Crippen LogP contribution in [0.4, 0.5) is 0 Å². The highest BCUT2D eigenvalue weighted by atomic mass is 16.4. The van der Waals surface area contributed by atoms with Gasteiger partial charge in [0.25, 0.3) is 0 Å². The van der Waals surface area contributed by atoms with E-state index in [-0.39, 0.29) is 12.3 Å². The van der Waals surface area contributed by atoms with Gasteiger partial charge in [-0.05, 0) is 34.8 Å². The number of carbonyl (C=O) groups excluding carboxylic acids is 1. The van der Waals surface area contributed by atoms with Crippen LogP contribution in [0.25, 0.3) is 11.1 Å². The van der Waals surface area contributed by atoms with E-state index in [1.54, 1.807) is 0 Å². The molecule has 0 saturated heterocycles. The van der Waals surface area contributed by atoms with E-state index in [4.69, 9.17) is 5.11 Å². The van der Waals surface area contributed by atoms with Crippen molar-refractivity contribution in [1.29, 1.82) is 0 Å². The average molecular weight is 376 g/mol. The number of allylic oxidation sites excluding steroid dienone is 1. The van der Waals surface area contributed by atoms with E-state index in [1.165, 1.54) is 0 Å². The molecular weight excluding hydrogens is 352 g/mol. The molecule has 1 amide bonds. The number of benzene rings is 2. The Bertz CT molecular complexity index is 910. The van der Waals surface area contributed by atoms with E-state index in [9.17, 15) is 9.59 Å². The van der Waals surface area contributed by atoms with E-state index in [0.29, 0.717) is 13.0 Å².